The summed E-state index contributed by atoms with van der Waals surface area (Å²) in [6.07, 6.45) is -0.882. The van der Waals surface area contributed by atoms with Gasteiger partial charge in [0.2, 0.25) is 0 Å². The summed E-state index contributed by atoms with van der Waals surface area (Å²) in [5.74, 6) is -1.42. The van der Waals surface area contributed by atoms with Gasteiger partial charge in [0.1, 0.15) is 5.75 Å². The number of halogens is 1. The van der Waals surface area contributed by atoms with Crippen LogP contribution < -0.4 is 10.1 Å². The van der Waals surface area contributed by atoms with Crippen molar-refractivity contribution in [2.75, 3.05) is 6.61 Å². The van der Waals surface area contributed by atoms with Gasteiger partial charge in [0.05, 0.1) is 4.88 Å². The number of amides is 2. The van der Waals surface area contributed by atoms with Crippen molar-refractivity contribution in [3.05, 3.63) is 51.1 Å². The second kappa shape index (κ2) is 8.60. The van der Waals surface area contributed by atoms with E-state index in [0.717, 1.165) is 4.47 Å². The number of nitrogens with one attached hydrogen (secondary N) is 1. The fraction of sp³-hybridized carbons (Fsp3) is 0.188. The zero-order chi connectivity index (χ0) is 17.5. The summed E-state index contributed by atoms with van der Waals surface area (Å²) >= 11 is 4.51. The van der Waals surface area contributed by atoms with Gasteiger partial charge in [-0.2, -0.15) is 0 Å². The Morgan fingerprint density at radius 2 is 1.92 bits per heavy atom. The van der Waals surface area contributed by atoms with Crippen LogP contribution in [-0.4, -0.2) is 30.5 Å². The molecule has 2 aromatic rings. The molecule has 0 aliphatic heterocycles. The monoisotopic (exact) mass is 411 g/mol. The van der Waals surface area contributed by atoms with Crippen LogP contribution in [0.5, 0.6) is 5.75 Å². The summed E-state index contributed by atoms with van der Waals surface area (Å²) in [6.45, 7) is 0.961. The molecule has 0 aliphatic carbocycles. The molecule has 1 heterocycles. The van der Waals surface area contributed by atoms with Crippen LogP contribution in [0.1, 0.15) is 16.6 Å². The molecule has 0 aliphatic rings. The van der Waals surface area contributed by atoms with E-state index in [1.807, 2.05) is 0 Å². The minimum atomic E-state index is -0.882. The number of carbonyl (C=O) groups excluding carboxylic acids is 3. The maximum atomic E-state index is 11.8. The molecule has 6 nitrogen and oxygen atoms in total. The molecule has 1 aromatic heterocycles. The van der Waals surface area contributed by atoms with Crippen molar-refractivity contribution in [3.63, 3.8) is 0 Å². The smallest absolute Gasteiger partial charge is 0.347 e. The number of rotatable bonds is 6. The number of esters is 1. The minimum absolute atomic E-state index is 0.404. The Bertz CT molecular complexity index is 715. The maximum Gasteiger partial charge on any atom is 0.347 e. The Kier molecular flexibility index (Phi) is 6.51. The van der Waals surface area contributed by atoms with Gasteiger partial charge in [-0.3, -0.25) is 14.9 Å². The molecule has 8 heteroatoms. The Labute approximate surface area is 150 Å². The van der Waals surface area contributed by atoms with Crippen molar-refractivity contribution < 1.29 is 23.9 Å². The molecule has 0 spiro atoms. The highest BCUT2D eigenvalue weighted by atomic mass is 79.9. The number of thiophene rings is 1. The van der Waals surface area contributed by atoms with Crippen LogP contribution in [0.25, 0.3) is 0 Å². The number of hydrogen-bond acceptors (Lipinski definition) is 6. The van der Waals surface area contributed by atoms with Gasteiger partial charge in [-0.05, 0) is 42.6 Å². The Morgan fingerprint density at radius 3 is 2.54 bits per heavy atom. The summed E-state index contributed by atoms with van der Waals surface area (Å²) in [6, 6.07) is 10.2. The van der Waals surface area contributed by atoms with Gasteiger partial charge < -0.3 is 9.47 Å². The highest BCUT2D eigenvalue weighted by Crippen LogP contribution is 2.17. The van der Waals surface area contributed by atoms with Gasteiger partial charge in [0, 0.05) is 4.47 Å². The molecular weight excluding hydrogens is 398 g/mol. The van der Waals surface area contributed by atoms with Gasteiger partial charge in [0.25, 0.3) is 11.8 Å². The molecule has 2 rings (SSSR count). The average Bonchev–Trinajstić information content (AvgIpc) is 3.09. The lowest BCUT2D eigenvalue weighted by atomic mass is 10.3. The van der Waals surface area contributed by atoms with Crippen molar-refractivity contribution in [1.82, 2.24) is 5.32 Å². The fourth-order valence-corrected chi connectivity index (χ4v) is 2.53. The van der Waals surface area contributed by atoms with E-state index in [1.54, 1.807) is 41.8 Å². The van der Waals surface area contributed by atoms with E-state index in [2.05, 4.69) is 21.2 Å². The summed E-state index contributed by atoms with van der Waals surface area (Å²) in [4.78, 5) is 35.5. The maximum absolute atomic E-state index is 11.8. The van der Waals surface area contributed by atoms with E-state index >= 15 is 0 Å². The zero-order valence-electron chi connectivity index (χ0n) is 12.7. The molecule has 126 valence electrons. The van der Waals surface area contributed by atoms with E-state index in [-0.39, 0.29) is 0 Å². The molecular formula is C16H14BrNO5S. The molecule has 24 heavy (non-hydrogen) atoms. The molecule has 2 amide bonds. The Morgan fingerprint density at radius 1 is 1.21 bits per heavy atom. The number of ether oxygens (including phenoxy) is 2. The quantitative estimate of drug-likeness (QED) is 0.738. The van der Waals surface area contributed by atoms with E-state index in [9.17, 15) is 14.4 Å². The highest BCUT2D eigenvalue weighted by Gasteiger charge is 2.19. The minimum Gasteiger partial charge on any atom is -0.479 e. The third-order valence-electron chi connectivity index (χ3n) is 2.80. The molecule has 1 N–H and O–H groups in total. The van der Waals surface area contributed by atoms with Crippen LogP contribution in [-0.2, 0) is 14.3 Å². The summed E-state index contributed by atoms with van der Waals surface area (Å²) in [7, 11) is 0. The third kappa shape index (κ3) is 5.47. The standard InChI is InChI=1S/C16H14BrNO5S/c1-10(23-12-6-4-11(17)5-7-12)16(21)22-9-14(19)18-15(20)13-3-2-8-24-13/h2-8,10H,9H2,1H3,(H,18,19,20)/t10-/m0/s1. The number of imide groups is 1. The average molecular weight is 412 g/mol. The normalized spacial score (nSPS) is 11.4. The lowest BCUT2D eigenvalue weighted by Gasteiger charge is -2.13. The number of benzene rings is 1. The van der Waals surface area contributed by atoms with Gasteiger partial charge in [-0.25, -0.2) is 4.79 Å². The van der Waals surface area contributed by atoms with Crippen molar-refractivity contribution in [3.8, 4) is 5.75 Å². The second-order valence-corrected chi connectivity index (χ2v) is 6.54. The third-order valence-corrected chi connectivity index (χ3v) is 4.20. The van der Waals surface area contributed by atoms with Crippen molar-refractivity contribution in [1.29, 1.82) is 0 Å². The van der Waals surface area contributed by atoms with E-state index in [0.29, 0.717) is 10.6 Å². The van der Waals surface area contributed by atoms with Crippen LogP contribution in [0.15, 0.2) is 46.3 Å². The van der Waals surface area contributed by atoms with E-state index < -0.39 is 30.5 Å². The first-order chi connectivity index (χ1) is 11.5. The predicted octanol–water partition coefficient (Wildman–Crippen LogP) is 2.78. The topological polar surface area (TPSA) is 81.7 Å². The fourth-order valence-electron chi connectivity index (χ4n) is 1.65. The van der Waals surface area contributed by atoms with Crippen LogP contribution >= 0.6 is 27.3 Å². The molecule has 0 unspecified atom stereocenters. The second-order valence-electron chi connectivity index (χ2n) is 4.68. The molecule has 0 fully saturated rings. The largest absolute Gasteiger partial charge is 0.479 e. The van der Waals surface area contributed by atoms with E-state index in [4.69, 9.17) is 9.47 Å². The van der Waals surface area contributed by atoms with Crippen molar-refractivity contribution in [2.45, 2.75) is 13.0 Å². The highest BCUT2D eigenvalue weighted by molar-refractivity contribution is 9.10. The van der Waals surface area contributed by atoms with Crippen LogP contribution in [0.2, 0.25) is 0 Å². The lowest BCUT2D eigenvalue weighted by molar-refractivity contribution is -0.154. The molecule has 0 saturated heterocycles. The van der Waals surface area contributed by atoms with Crippen LogP contribution in [0.3, 0.4) is 0 Å². The van der Waals surface area contributed by atoms with Gasteiger partial charge in [-0.15, -0.1) is 11.3 Å². The number of hydrogen-bond donors (Lipinski definition) is 1. The van der Waals surface area contributed by atoms with Crippen molar-refractivity contribution >= 4 is 45.1 Å². The summed E-state index contributed by atoms with van der Waals surface area (Å²) in [5, 5.41) is 3.86. The summed E-state index contributed by atoms with van der Waals surface area (Å²) in [5.41, 5.74) is 0. The lowest BCUT2D eigenvalue weighted by Crippen LogP contribution is -2.35. The van der Waals surface area contributed by atoms with Gasteiger partial charge >= 0.3 is 5.97 Å². The van der Waals surface area contributed by atoms with Crippen molar-refractivity contribution in [2.24, 2.45) is 0 Å². The van der Waals surface area contributed by atoms with Gasteiger partial charge in [-0.1, -0.05) is 22.0 Å². The molecule has 1 atom stereocenters. The Balaban J connectivity index is 1.76. The SMILES string of the molecule is C[C@H](Oc1ccc(Br)cc1)C(=O)OCC(=O)NC(=O)c1cccs1. The molecule has 0 bridgehead atoms. The number of carbonyl (C=O) groups is 3. The van der Waals surface area contributed by atoms with Crippen LogP contribution in [0, 0.1) is 0 Å². The predicted molar refractivity (Wildman–Crippen MR) is 92.0 cm³/mol. The molecule has 0 radical (unpaired) electrons. The van der Waals surface area contributed by atoms with Crippen LogP contribution in [0.4, 0.5) is 0 Å². The Hall–Kier alpha value is -2.19. The zero-order valence-corrected chi connectivity index (χ0v) is 15.1. The summed E-state index contributed by atoms with van der Waals surface area (Å²) < 4.78 is 11.1. The molecule has 1 aromatic carbocycles. The first kappa shape index (κ1) is 18.2. The van der Waals surface area contributed by atoms with E-state index in [1.165, 1.54) is 18.3 Å². The first-order valence-corrected chi connectivity index (χ1v) is 8.59. The first-order valence-electron chi connectivity index (χ1n) is 6.92. The van der Waals surface area contributed by atoms with Gasteiger partial charge in [0.15, 0.2) is 12.7 Å². The molecule has 0 saturated carbocycles.